The van der Waals surface area contributed by atoms with Crippen LogP contribution >= 0.6 is 0 Å². The lowest BCUT2D eigenvalue weighted by molar-refractivity contribution is 0.145. The highest BCUT2D eigenvalue weighted by molar-refractivity contribution is 6.00. The molecule has 0 amide bonds. The minimum Gasteiger partial charge on any atom is -0.421 e. The zero-order valence-electron chi connectivity index (χ0n) is 11.3. The van der Waals surface area contributed by atoms with Crippen LogP contribution in [0.1, 0.15) is 19.2 Å². The molecule has 0 saturated heterocycles. The quantitative estimate of drug-likeness (QED) is 0.572. The summed E-state index contributed by atoms with van der Waals surface area (Å²) in [4.78, 5) is 19.5. The van der Waals surface area contributed by atoms with Gasteiger partial charge < -0.3 is 14.1 Å². The number of para-hydroxylation sites is 1. The third-order valence-corrected chi connectivity index (χ3v) is 3.21. The molecule has 1 N–H and O–H groups in total. The summed E-state index contributed by atoms with van der Waals surface area (Å²) in [5, 5.41) is 0.856. The zero-order valence-corrected chi connectivity index (χ0v) is 11.3. The molecular formula is C15H16N2O3. The van der Waals surface area contributed by atoms with Gasteiger partial charge in [0.05, 0.1) is 0 Å². The number of hydrogen-bond donors (Lipinski definition) is 1. The largest absolute Gasteiger partial charge is 0.421 e. The monoisotopic (exact) mass is 272 g/mol. The number of benzene rings is 1. The van der Waals surface area contributed by atoms with E-state index in [1.807, 2.05) is 25.1 Å². The smallest absolute Gasteiger partial charge is 0.362 e. The maximum absolute atomic E-state index is 11.9. The number of aryl methyl sites for hydroxylation is 1. The summed E-state index contributed by atoms with van der Waals surface area (Å²) in [6, 6.07) is 7.43. The molecule has 0 fully saturated rings. The van der Waals surface area contributed by atoms with Gasteiger partial charge in [-0.2, -0.15) is 0 Å². The fourth-order valence-electron chi connectivity index (χ4n) is 2.27. The summed E-state index contributed by atoms with van der Waals surface area (Å²) >= 11 is 0. The molecule has 0 bridgehead atoms. The third-order valence-electron chi connectivity index (χ3n) is 3.21. The van der Waals surface area contributed by atoms with E-state index >= 15 is 0 Å². The number of nitrogens with one attached hydrogen (secondary N) is 1. The lowest BCUT2D eigenvalue weighted by Gasteiger charge is -1.98. The van der Waals surface area contributed by atoms with Crippen molar-refractivity contribution in [2.24, 2.45) is 0 Å². The maximum atomic E-state index is 11.9. The summed E-state index contributed by atoms with van der Waals surface area (Å²) in [6.07, 6.45) is 1.62. The number of fused-ring (bicyclic) bond motifs is 3. The van der Waals surface area contributed by atoms with Crippen LogP contribution < -0.4 is 5.63 Å². The van der Waals surface area contributed by atoms with Crippen LogP contribution in [-0.2, 0) is 11.2 Å². The fraction of sp³-hybridized carbons (Fsp3) is 0.333. The third kappa shape index (κ3) is 2.32. The summed E-state index contributed by atoms with van der Waals surface area (Å²) in [7, 11) is 0. The van der Waals surface area contributed by atoms with E-state index < -0.39 is 0 Å². The number of ether oxygens (including phenoxy) is 1. The Bertz CT molecular complexity index is 789. The van der Waals surface area contributed by atoms with Crippen LogP contribution in [0.5, 0.6) is 0 Å². The predicted molar refractivity (Wildman–Crippen MR) is 76.9 cm³/mol. The minimum absolute atomic E-state index is 0.373. The first kappa shape index (κ1) is 12.9. The molecule has 104 valence electrons. The number of hydrogen-bond acceptors (Lipinski definition) is 4. The summed E-state index contributed by atoms with van der Waals surface area (Å²) in [6.45, 7) is 3.38. The van der Waals surface area contributed by atoms with Crippen LogP contribution in [0.4, 0.5) is 0 Å². The average molecular weight is 272 g/mol. The molecule has 0 radical (unpaired) electrons. The molecule has 20 heavy (non-hydrogen) atoms. The number of H-pyrrole nitrogens is 1. The maximum Gasteiger partial charge on any atom is 0.362 e. The molecule has 2 heterocycles. The molecule has 0 aliphatic carbocycles. The lowest BCUT2D eigenvalue weighted by Crippen LogP contribution is -2.00. The van der Waals surface area contributed by atoms with Gasteiger partial charge in [-0.3, -0.25) is 0 Å². The van der Waals surface area contributed by atoms with Crippen molar-refractivity contribution in [2.45, 2.75) is 19.8 Å². The van der Waals surface area contributed by atoms with E-state index in [2.05, 4.69) is 9.97 Å². The first-order valence-corrected chi connectivity index (χ1v) is 6.77. The summed E-state index contributed by atoms with van der Waals surface area (Å²) < 4.78 is 10.6. The van der Waals surface area contributed by atoms with Crippen molar-refractivity contribution in [1.29, 1.82) is 0 Å². The van der Waals surface area contributed by atoms with E-state index in [9.17, 15) is 4.79 Å². The molecule has 0 atom stereocenters. The Labute approximate surface area is 115 Å². The van der Waals surface area contributed by atoms with Crippen molar-refractivity contribution in [2.75, 3.05) is 13.2 Å². The number of aromatic nitrogens is 2. The molecule has 1 aromatic carbocycles. The molecule has 3 rings (SSSR count). The van der Waals surface area contributed by atoms with Crippen LogP contribution in [-0.4, -0.2) is 23.2 Å². The molecule has 5 nitrogen and oxygen atoms in total. The van der Waals surface area contributed by atoms with E-state index in [-0.39, 0.29) is 5.63 Å². The SMILES string of the molecule is CCOCCCc1nc2c([nH]1)c(=O)oc1ccccc12. The standard InChI is InChI=1S/C15H16N2O3/c1-2-19-9-5-8-12-16-13-10-6-3-4-7-11(10)20-15(18)14(13)17-12/h3-4,6-7H,2,5,8-9H2,1H3,(H,16,17). The fourth-order valence-corrected chi connectivity index (χ4v) is 2.27. The molecule has 0 saturated carbocycles. The second kappa shape index (κ2) is 5.46. The van der Waals surface area contributed by atoms with Gasteiger partial charge in [0.1, 0.15) is 16.9 Å². The van der Waals surface area contributed by atoms with Crippen molar-refractivity contribution in [1.82, 2.24) is 9.97 Å². The van der Waals surface area contributed by atoms with Gasteiger partial charge in [0.2, 0.25) is 0 Å². The Hall–Kier alpha value is -2.14. The van der Waals surface area contributed by atoms with Crippen LogP contribution in [0, 0.1) is 0 Å². The summed E-state index contributed by atoms with van der Waals surface area (Å²) in [5.74, 6) is 0.795. The topological polar surface area (TPSA) is 68.1 Å². The van der Waals surface area contributed by atoms with E-state index in [0.29, 0.717) is 29.8 Å². The van der Waals surface area contributed by atoms with Crippen LogP contribution in [0.3, 0.4) is 0 Å². The summed E-state index contributed by atoms with van der Waals surface area (Å²) in [5.41, 5.74) is 1.32. The van der Waals surface area contributed by atoms with Crippen molar-refractivity contribution in [3.8, 4) is 0 Å². The van der Waals surface area contributed by atoms with Crippen molar-refractivity contribution in [3.05, 3.63) is 40.5 Å². The highest BCUT2D eigenvalue weighted by Crippen LogP contribution is 2.20. The van der Waals surface area contributed by atoms with E-state index in [4.69, 9.17) is 9.15 Å². The molecule has 5 heteroatoms. The molecule has 3 aromatic rings. The molecule has 0 aliphatic rings. The number of aromatic amines is 1. The molecular weight excluding hydrogens is 256 g/mol. The van der Waals surface area contributed by atoms with Gasteiger partial charge in [0.25, 0.3) is 0 Å². The Morgan fingerprint density at radius 2 is 2.20 bits per heavy atom. The normalized spacial score (nSPS) is 11.4. The molecule has 0 spiro atoms. The van der Waals surface area contributed by atoms with Crippen molar-refractivity contribution < 1.29 is 9.15 Å². The zero-order chi connectivity index (χ0) is 13.9. The highest BCUT2D eigenvalue weighted by atomic mass is 16.5. The average Bonchev–Trinajstić information content (AvgIpc) is 2.89. The van der Waals surface area contributed by atoms with Gasteiger partial charge in [-0.15, -0.1) is 0 Å². The number of imidazole rings is 1. The Kier molecular flexibility index (Phi) is 3.52. The van der Waals surface area contributed by atoms with Gasteiger partial charge in [-0.1, -0.05) is 12.1 Å². The lowest BCUT2D eigenvalue weighted by atomic mass is 10.2. The Morgan fingerprint density at radius 1 is 1.35 bits per heavy atom. The van der Waals surface area contributed by atoms with E-state index in [1.54, 1.807) is 6.07 Å². The van der Waals surface area contributed by atoms with Gasteiger partial charge in [0, 0.05) is 25.0 Å². The van der Waals surface area contributed by atoms with Gasteiger partial charge in [-0.25, -0.2) is 9.78 Å². The van der Waals surface area contributed by atoms with Crippen LogP contribution in [0.2, 0.25) is 0 Å². The highest BCUT2D eigenvalue weighted by Gasteiger charge is 2.11. The van der Waals surface area contributed by atoms with E-state index in [1.165, 1.54) is 0 Å². The number of nitrogens with zero attached hydrogens (tertiary/aromatic N) is 1. The molecule has 0 unspecified atom stereocenters. The van der Waals surface area contributed by atoms with Crippen molar-refractivity contribution >= 4 is 22.0 Å². The van der Waals surface area contributed by atoms with Crippen LogP contribution in [0.25, 0.3) is 22.0 Å². The van der Waals surface area contributed by atoms with Gasteiger partial charge in [0.15, 0.2) is 5.52 Å². The van der Waals surface area contributed by atoms with Crippen molar-refractivity contribution in [3.63, 3.8) is 0 Å². The number of rotatable bonds is 5. The Balaban J connectivity index is 1.99. The van der Waals surface area contributed by atoms with E-state index in [0.717, 1.165) is 24.1 Å². The minimum atomic E-state index is -0.373. The second-order valence-electron chi connectivity index (χ2n) is 4.59. The van der Waals surface area contributed by atoms with Gasteiger partial charge >= 0.3 is 5.63 Å². The predicted octanol–water partition coefficient (Wildman–Crippen LogP) is 2.64. The van der Waals surface area contributed by atoms with Gasteiger partial charge in [-0.05, 0) is 25.5 Å². The molecule has 2 aromatic heterocycles. The first-order valence-electron chi connectivity index (χ1n) is 6.77. The van der Waals surface area contributed by atoms with Crippen LogP contribution in [0.15, 0.2) is 33.5 Å². The Morgan fingerprint density at radius 3 is 3.05 bits per heavy atom. The molecule has 0 aliphatic heterocycles. The first-order chi connectivity index (χ1) is 9.79. The second-order valence-corrected chi connectivity index (χ2v) is 4.59.